The molecular weight excluding hydrogens is 490 g/mol. The van der Waals surface area contributed by atoms with Crippen LogP contribution >= 0.6 is 0 Å². The zero-order valence-electron chi connectivity index (χ0n) is 25.5. The number of esters is 1. The van der Waals surface area contributed by atoms with E-state index in [1.54, 1.807) is 12.5 Å². The summed E-state index contributed by atoms with van der Waals surface area (Å²) in [6, 6.07) is 0. The maximum absolute atomic E-state index is 11.6. The lowest BCUT2D eigenvalue weighted by Gasteiger charge is -2.58. The molecular formula is C33H53NO5. The van der Waals surface area contributed by atoms with E-state index in [4.69, 9.17) is 14.2 Å². The molecule has 0 spiro atoms. The summed E-state index contributed by atoms with van der Waals surface area (Å²) in [5.74, 6) is 2.76. The van der Waals surface area contributed by atoms with Crippen molar-refractivity contribution in [2.24, 2.45) is 46.3 Å². The van der Waals surface area contributed by atoms with Gasteiger partial charge in [0.1, 0.15) is 6.10 Å². The lowest BCUT2D eigenvalue weighted by Crippen LogP contribution is -2.52. The van der Waals surface area contributed by atoms with Gasteiger partial charge in [0, 0.05) is 45.8 Å². The Balaban J connectivity index is 1.31. The lowest BCUT2D eigenvalue weighted by molar-refractivity contribution is -0.250. The highest BCUT2D eigenvalue weighted by atomic mass is 16.7. The Morgan fingerprint density at radius 2 is 1.95 bits per heavy atom. The number of hydrogen-bond acceptors (Lipinski definition) is 5. The Morgan fingerprint density at radius 1 is 1.18 bits per heavy atom. The molecule has 0 aromatic carbocycles. The van der Waals surface area contributed by atoms with Crippen molar-refractivity contribution in [1.29, 1.82) is 0 Å². The van der Waals surface area contributed by atoms with Crippen LogP contribution in [0.4, 0.5) is 0 Å². The van der Waals surface area contributed by atoms with E-state index in [9.17, 15) is 9.59 Å². The van der Waals surface area contributed by atoms with Gasteiger partial charge in [0.25, 0.3) is 0 Å². The molecule has 5 rings (SSSR count). The van der Waals surface area contributed by atoms with Crippen LogP contribution in [0.15, 0.2) is 11.6 Å². The fraction of sp³-hybridized carbons (Fsp3) is 0.879. The van der Waals surface area contributed by atoms with Gasteiger partial charge in [0.15, 0.2) is 5.79 Å². The van der Waals surface area contributed by atoms with E-state index < -0.39 is 5.79 Å². The van der Waals surface area contributed by atoms with E-state index in [1.165, 1.54) is 19.8 Å². The normalized spacial score (nSPS) is 45.3. The first-order valence-corrected chi connectivity index (χ1v) is 15.9. The van der Waals surface area contributed by atoms with Gasteiger partial charge >= 0.3 is 5.97 Å². The third-order valence-electron chi connectivity index (χ3n) is 12.1. The minimum Gasteiger partial charge on any atom is -0.462 e. The first kappa shape index (κ1) is 29.1. The Labute approximate surface area is 236 Å². The highest BCUT2D eigenvalue weighted by Gasteiger charge is 2.68. The Hall–Kier alpha value is -1.40. The SMILES string of the molecule is CCO[C@]1(CC[C@H](C)CNC(C)=O)O[C@@H]2C[C@@H]3[C@@H]4CC=C5C[C@H](OC(C)=O)CC[C@]5(C)[C@@H]4CC[C@]3(C)[C@@H]2[C@H]1C. The van der Waals surface area contributed by atoms with E-state index in [0.29, 0.717) is 48.7 Å². The molecule has 1 heterocycles. The van der Waals surface area contributed by atoms with Crippen LogP contribution in [0.2, 0.25) is 0 Å². The maximum Gasteiger partial charge on any atom is 0.302 e. The van der Waals surface area contributed by atoms with Crippen molar-refractivity contribution in [2.75, 3.05) is 13.2 Å². The quantitative estimate of drug-likeness (QED) is 0.282. The molecule has 1 amide bonds. The van der Waals surface area contributed by atoms with Gasteiger partial charge in [-0.3, -0.25) is 9.59 Å². The van der Waals surface area contributed by atoms with Gasteiger partial charge in [-0.15, -0.1) is 0 Å². The topological polar surface area (TPSA) is 73.9 Å². The Kier molecular flexibility index (Phi) is 8.04. The van der Waals surface area contributed by atoms with Crippen molar-refractivity contribution in [3.63, 3.8) is 0 Å². The minimum atomic E-state index is -0.514. The first-order valence-electron chi connectivity index (χ1n) is 15.9. The van der Waals surface area contributed by atoms with Crippen LogP contribution in [0.1, 0.15) is 106 Å². The molecule has 5 aliphatic rings. The molecule has 0 aromatic rings. The maximum atomic E-state index is 11.6. The molecule has 39 heavy (non-hydrogen) atoms. The number of hydrogen-bond donors (Lipinski definition) is 1. The number of ether oxygens (including phenoxy) is 3. The Morgan fingerprint density at radius 3 is 2.64 bits per heavy atom. The molecule has 3 saturated carbocycles. The number of carbonyl (C=O) groups excluding carboxylic acids is 2. The molecule has 11 atom stereocenters. The molecule has 1 saturated heterocycles. The van der Waals surface area contributed by atoms with E-state index in [0.717, 1.165) is 44.9 Å². The molecule has 0 aromatic heterocycles. The van der Waals surface area contributed by atoms with E-state index in [2.05, 4.69) is 46.0 Å². The number of fused-ring (bicyclic) bond motifs is 7. The van der Waals surface area contributed by atoms with Crippen molar-refractivity contribution in [1.82, 2.24) is 5.32 Å². The monoisotopic (exact) mass is 543 g/mol. The average molecular weight is 544 g/mol. The van der Waals surface area contributed by atoms with Gasteiger partial charge in [-0.05, 0) is 92.3 Å². The standard InChI is InChI=1S/C33H53NO5/c1-8-37-33(16-11-20(2)19-34-22(4)35)21(3)30-29(39-33)18-28-26-10-9-24-17-25(38-23(5)36)12-14-31(24,6)27(26)13-15-32(28,30)7/h9,20-21,25-30H,8,10-19H2,1-7H3,(H,34,35)/t20-,21+,25+,26+,27+,28+,29+,30+,31-,32-,33+/m0/s1. The van der Waals surface area contributed by atoms with Crippen LogP contribution in [-0.2, 0) is 23.8 Å². The van der Waals surface area contributed by atoms with Crippen molar-refractivity contribution in [2.45, 2.75) is 124 Å². The third-order valence-corrected chi connectivity index (χ3v) is 12.1. The molecule has 4 aliphatic carbocycles. The van der Waals surface area contributed by atoms with Crippen molar-refractivity contribution in [3.05, 3.63) is 11.6 Å². The average Bonchev–Trinajstić information content (AvgIpc) is 3.32. The summed E-state index contributed by atoms with van der Waals surface area (Å²) in [6.07, 6.45) is 12.6. The number of rotatable bonds is 8. The van der Waals surface area contributed by atoms with Crippen LogP contribution in [0.5, 0.6) is 0 Å². The summed E-state index contributed by atoms with van der Waals surface area (Å²) in [5, 5.41) is 2.97. The molecule has 6 nitrogen and oxygen atoms in total. The second kappa shape index (κ2) is 10.8. The number of amides is 1. The van der Waals surface area contributed by atoms with E-state index in [1.807, 2.05) is 0 Å². The van der Waals surface area contributed by atoms with Crippen molar-refractivity contribution < 1.29 is 23.8 Å². The van der Waals surface area contributed by atoms with E-state index >= 15 is 0 Å². The fourth-order valence-electron chi connectivity index (χ4n) is 10.3. The van der Waals surface area contributed by atoms with Crippen LogP contribution in [-0.4, -0.2) is 43.0 Å². The fourth-order valence-corrected chi connectivity index (χ4v) is 10.3. The second-order valence-corrected chi connectivity index (χ2v) is 14.3. The highest BCUT2D eigenvalue weighted by Crippen LogP contribution is 2.70. The van der Waals surface area contributed by atoms with Crippen LogP contribution in [0.25, 0.3) is 0 Å². The summed E-state index contributed by atoms with van der Waals surface area (Å²) < 4.78 is 19.2. The summed E-state index contributed by atoms with van der Waals surface area (Å²) in [4.78, 5) is 23.0. The summed E-state index contributed by atoms with van der Waals surface area (Å²) in [7, 11) is 0. The zero-order valence-corrected chi connectivity index (χ0v) is 25.5. The van der Waals surface area contributed by atoms with Gasteiger partial charge in [-0.25, -0.2) is 0 Å². The number of allylic oxidation sites excluding steroid dienone is 1. The Bertz CT molecular complexity index is 979. The second-order valence-electron chi connectivity index (χ2n) is 14.3. The van der Waals surface area contributed by atoms with E-state index in [-0.39, 0.29) is 34.9 Å². The van der Waals surface area contributed by atoms with Gasteiger partial charge < -0.3 is 19.5 Å². The summed E-state index contributed by atoms with van der Waals surface area (Å²) in [5.41, 5.74) is 2.07. The van der Waals surface area contributed by atoms with Crippen molar-refractivity contribution in [3.8, 4) is 0 Å². The number of nitrogens with one attached hydrogen (secondary N) is 1. The molecule has 220 valence electrons. The molecule has 1 aliphatic heterocycles. The predicted molar refractivity (Wildman–Crippen MR) is 152 cm³/mol. The van der Waals surface area contributed by atoms with Crippen LogP contribution < -0.4 is 5.32 Å². The van der Waals surface area contributed by atoms with Gasteiger partial charge in [-0.2, -0.15) is 0 Å². The van der Waals surface area contributed by atoms with Crippen molar-refractivity contribution >= 4 is 11.9 Å². The number of carbonyl (C=O) groups is 2. The molecule has 4 fully saturated rings. The van der Waals surface area contributed by atoms with Gasteiger partial charge in [0.2, 0.25) is 5.91 Å². The minimum absolute atomic E-state index is 0.0342. The van der Waals surface area contributed by atoms with Crippen LogP contribution in [0.3, 0.4) is 0 Å². The third kappa shape index (κ3) is 5.00. The summed E-state index contributed by atoms with van der Waals surface area (Å²) >= 11 is 0. The molecule has 6 heteroatoms. The molecule has 0 unspecified atom stereocenters. The molecule has 0 radical (unpaired) electrons. The predicted octanol–water partition coefficient (Wildman–Crippen LogP) is 6.43. The molecule has 1 N–H and O–H groups in total. The smallest absolute Gasteiger partial charge is 0.302 e. The first-order chi connectivity index (χ1) is 18.4. The van der Waals surface area contributed by atoms with Gasteiger partial charge in [-0.1, -0.05) is 39.3 Å². The summed E-state index contributed by atoms with van der Waals surface area (Å²) in [6.45, 7) is 16.3. The van der Waals surface area contributed by atoms with Crippen LogP contribution in [0, 0.1) is 46.3 Å². The molecule has 0 bridgehead atoms. The van der Waals surface area contributed by atoms with Gasteiger partial charge in [0.05, 0.1) is 6.10 Å². The zero-order chi connectivity index (χ0) is 28.2. The largest absolute Gasteiger partial charge is 0.462 e. The highest BCUT2D eigenvalue weighted by molar-refractivity contribution is 5.72. The lowest BCUT2D eigenvalue weighted by atomic mass is 9.47.